The van der Waals surface area contributed by atoms with E-state index in [1.165, 1.54) is 0 Å². The summed E-state index contributed by atoms with van der Waals surface area (Å²) in [6, 6.07) is 7.37. The summed E-state index contributed by atoms with van der Waals surface area (Å²) in [5.41, 5.74) is 7.22. The molecule has 0 saturated heterocycles. The second kappa shape index (κ2) is 9.47. The Morgan fingerprint density at radius 3 is 2.60 bits per heavy atom. The summed E-state index contributed by atoms with van der Waals surface area (Å²) in [6.45, 7) is 3.70. The number of nitrogens with two attached hydrogens (primary N) is 1. The SMILES string of the molecule is COCCCN(C)CCNC(=O)c1ccc(CN)cc1. The molecule has 1 aromatic rings. The zero-order chi connectivity index (χ0) is 14.8. The Bertz CT molecular complexity index is 393. The van der Waals surface area contributed by atoms with Crippen LogP contribution in [0.2, 0.25) is 0 Å². The first-order chi connectivity index (χ1) is 9.67. The van der Waals surface area contributed by atoms with Crippen LogP contribution in [-0.4, -0.2) is 51.2 Å². The summed E-state index contributed by atoms with van der Waals surface area (Å²) in [6.07, 6.45) is 1.00. The smallest absolute Gasteiger partial charge is 0.251 e. The van der Waals surface area contributed by atoms with E-state index in [1.807, 2.05) is 19.2 Å². The maximum Gasteiger partial charge on any atom is 0.251 e. The topological polar surface area (TPSA) is 67.6 Å². The number of hydrogen-bond acceptors (Lipinski definition) is 4. The van der Waals surface area contributed by atoms with E-state index in [1.54, 1.807) is 19.2 Å². The molecule has 0 aliphatic carbocycles. The van der Waals surface area contributed by atoms with Gasteiger partial charge in [0.25, 0.3) is 5.91 Å². The van der Waals surface area contributed by atoms with Crippen molar-refractivity contribution in [2.45, 2.75) is 13.0 Å². The van der Waals surface area contributed by atoms with Gasteiger partial charge in [-0.15, -0.1) is 0 Å². The zero-order valence-electron chi connectivity index (χ0n) is 12.4. The van der Waals surface area contributed by atoms with Gasteiger partial charge in [-0.2, -0.15) is 0 Å². The van der Waals surface area contributed by atoms with Gasteiger partial charge < -0.3 is 20.7 Å². The first-order valence-electron chi connectivity index (χ1n) is 6.92. The van der Waals surface area contributed by atoms with Crippen LogP contribution >= 0.6 is 0 Å². The predicted molar refractivity (Wildman–Crippen MR) is 80.7 cm³/mol. The molecule has 0 atom stereocenters. The Balaban J connectivity index is 2.25. The van der Waals surface area contributed by atoms with E-state index in [0.29, 0.717) is 18.7 Å². The van der Waals surface area contributed by atoms with Crippen molar-refractivity contribution in [1.29, 1.82) is 0 Å². The second-order valence-electron chi connectivity index (χ2n) is 4.81. The normalized spacial score (nSPS) is 10.8. The van der Waals surface area contributed by atoms with Crippen molar-refractivity contribution < 1.29 is 9.53 Å². The van der Waals surface area contributed by atoms with Gasteiger partial charge in [0.1, 0.15) is 0 Å². The third-order valence-corrected chi connectivity index (χ3v) is 3.12. The molecular formula is C15H25N3O2. The van der Waals surface area contributed by atoms with Crippen molar-refractivity contribution in [3.05, 3.63) is 35.4 Å². The lowest BCUT2D eigenvalue weighted by Crippen LogP contribution is -2.33. The number of carbonyl (C=O) groups is 1. The molecule has 3 N–H and O–H groups in total. The van der Waals surface area contributed by atoms with Gasteiger partial charge in [0.15, 0.2) is 0 Å². The quantitative estimate of drug-likeness (QED) is 0.657. The average molecular weight is 279 g/mol. The molecule has 5 heteroatoms. The van der Waals surface area contributed by atoms with Crippen LogP contribution in [0.25, 0.3) is 0 Å². The second-order valence-corrected chi connectivity index (χ2v) is 4.81. The predicted octanol–water partition coefficient (Wildman–Crippen LogP) is 0.843. The monoisotopic (exact) mass is 279 g/mol. The minimum atomic E-state index is -0.0427. The van der Waals surface area contributed by atoms with Crippen LogP contribution in [0.4, 0.5) is 0 Å². The minimum Gasteiger partial charge on any atom is -0.385 e. The largest absolute Gasteiger partial charge is 0.385 e. The van der Waals surface area contributed by atoms with Crippen LogP contribution in [-0.2, 0) is 11.3 Å². The summed E-state index contributed by atoms with van der Waals surface area (Å²) >= 11 is 0. The van der Waals surface area contributed by atoms with Crippen LogP contribution in [0.5, 0.6) is 0 Å². The third kappa shape index (κ3) is 6.14. The highest BCUT2D eigenvalue weighted by atomic mass is 16.5. The molecular weight excluding hydrogens is 254 g/mol. The lowest BCUT2D eigenvalue weighted by molar-refractivity contribution is 0.0949. The number of rotatable bonds is 9. The Labute approximate surface area is 121 Å². The molecule has 5 nitrogen and oxygen atoms in total. The highest BCUT2D eigenvalue weighted by molar-refractivity contribution is 5.94. The summed E-state index contributed by atoms with van der Waals surface area (Å²) in [5, 5.41) is 2.91. The fraction of sp³-hybridized carbons (Fsp3) is 0.533. The minimum absolute atomic E-state index is 0.0427. The molecule has 1 rings (SSSR count). The van der Waals surface area contributed by atoms with Crippen LogP contribution < -0.4 is 11.1 Å². The van der Waals surface area contributed by atoms with Crippen molar-refractivity contribution in [3.63, 3.8) is 0 Å². The number of hydrogen-bond donors (Lipinski definition) is 2. The summed E-state index contributed by atoms with van der Waals surface area (Å²) in [7, 11) is 3.74. The molecule has 1 amide bonds. The van der Waals surface area contributed by atoms with Crippen LogP contribution in [0.15, 0.2) is 24.3 Å². The van der Waals surface area contributed by atoms with E-state index in [9.17, 15) is 4.79 Å². The van der Waals surface area contributed by atoms with Crippen LogP contribution in [0.1, 0.15) is 22.3 Å². The molecule has 0 aliphatic rings. The van der Waals surface area contributed by atoms with Gasteiger partial charge in [-0.25, -0.2) is 0 Å². The van der Waals surface area contributed by atoms with E-state index >= 15 is 0 Å². The Morgan fingerprint density at radius 1 is 1.30 bits per heavy atom. The number of nitrogens with zero attached hydrogens (tertiary/aromatic N) is 1. The number of carbonyl (C=O) groups excluding carboxylic acids is 1. The Morgan fingerprint density at radius 2 is 2.00 bits per heavy atom. The number of nitrogens with one attached hydrogen (secondary N) is 1. The van der Waals surface area contributed by atoms with Gasteiger partial charge in [-0.05, 0) is 31.2 Å². The first kappa shape index (κ1) is 16.6. The maximum atomic E-state index is 11.9. The molecule has 20 heavy (non-hydrogen) atoms. The number of likely N-dealkylation sites (N-methyl/N-ethyl adjacent to an activating group) is 1. The van der Waals surface area contributed by atoms with Gasteiger partial charge in [0, 0.05) is 45.5 Å². The number of benzene rings is 1. The fourth-order valence-corrected chi connectivity index (χ4v) is 1.85. The van der Waals surface area contributed by atoms with Gasteiger partial charge in [0.2, 0.25) is 0 Å². The molecule has 0 radical (unpaired) electrons. The molecule has 1 aromatic carbocycles. The Hall–Kier alpha value is -1.43. The number of ether oxygens (including phenoxy) is 1. The van der Waals surface area contributed by atoms with E-state index in [0.717, 1.165) is 31.7 Å². The summed E-state index contributed by atoms with van der Waals surface area (Å²) in [5.74, 6) is -0.0427. The molecule has 0 saturated carbocycles. The highest BCUT2D eigenvalue weighted by Crippen LogP contribution is 2.03. The molecule has 0 aromatic heterocycles. The summed E-state index contributed by atoms with van der Waals surface area (Å²) in [4.78, 5) is 14.1. The standard InChI is InChI=1S/C15H25N3O2/c1-18(9-3-11-20-2)10-8-17-15(19)14-6-4-13(12-16)5-7-14/h4-7H,3,8-12,16H2,1-2H3,(H,17,19). The van der Waals surface area contributed by atoms with E-state index < -0.39 is 0 Å². The third-order valence-electron chi connectivity index (χ3n) is 3.12. The van der Waals surface area contributed by atoms with Gasteiger partial charge >= 0.3 is 0 Å². The van der Waals surface area contributed by atoms with E-state index in [4.69, 9.17) is 10.5 Å². The molecule has 0 aliphatic heterocycles. The molecule has 0 unspecified atom stereocenters. The molecule has 112 valence electrons. The van der Waals surface area contributed by atoms with E-state index in [2.05, 4.69) is 10.2 Å². The zero-order valence-corrected chi connectivity index (χ0v) is 12.4. The average Bonchev–Trinajstić information content (AvgIpc) is 2.47. The maximum absolute atomic E-state index is 11.9. The van der Waals surface area contributed by atoms with Gasteiger partial charge in [-0.3, -0.25) is 4.79 Å². The van der Waals surface area contributed by atoms with Crippen LogP contribution in [0, 0.1) is 0 Å². The molecule has 0 bridgehead atoms. The lowest BCUT2D eigenvalue weighted by atomic mass is 10.1. The van der Waals surface area contributed by atoms with E-state index in [-0.39, 0.29) is 5.91 Å². The van der Waals surface area contributed by atoms with Gasteiger partial charge in [0.05, 0.1) is 0 Å². The Kier molecular flexibility index (Phi) is 7.87. The highest BCUT2D eigenvalue weighted by Gasteiger charge is 2.05. The van der Waals surface area contributed by atoms with Crippen molar-refractivity contribution in [2.24, 2.45) is 5.73 Å². The molecule has 0 spiro atoms. The fourth-order valence-electron chi connectivity index (χ4n) is 1.85. The lowest BCUT2D eigenvalue weighted by Gasteiger charge is -2.16. The van der Waals surface area contributed by atoms with Crippen molar-refractivity contribution in [1.82, 2.24) is 10.2 Å². The van der Waals surface area contributed by atoms with Crippen LogP contribution in [0.3, 0.4) is 0 Å². The first-order valence-corrected chi connectivity index (χ1v) is 6.92. The number of amides is 1. The molecule has 0 fully saturated rings. The summed E-state index contributed by atoms with van der Waals surface area (Å²) < 4.78 is 5.01. The van der Waals surface area contributed by atoms with Crippen molar-refractivity contribution in [2.75, 3.05) is 40.4 Å². The van der Waals surface area contributed by atoms with Gasteiger partial charge in [-0.1, -0.05) is 12.1 Å². The number of methoxy groups -OCH3 is 1. The van der Waals surface area contributed by atoms with Crippen molar-refractivity contribution >= 4 is 5.91 Å². The molecule has 0 heterocycles. The van der Waals surface area contributed by atoms with Crippen molar-refractivity contribution in [3.8, 4) is 0 Å².